The van der Waals surface area contributed by atoms with Crippen LogP contribution in [0.3, 0.4) is 0 Å². The van der Waals surface area contributed by atoms with Crippen molar-refractivity contribution in [2.45, 2.75) is 0 Å². The maximum Gasteiger partial charge on any atom is 0.170 e. The van der Waals surface area contributed by atoms with E-state index in [-0.39, 0.29) is 0 Å². The van der Waals surface area contributed by atoms with E-state index in [4.69, 9.17) is 0 Å². The average molecular weight is 222 g/mol. The first kappa shape index (κ1) is 9.78. The Bertz CT molecular complexity index is 671. The van der Waals surface area contributed by atoms with E-state index in [2.05, 4.69) is 9.97 Å². The fraction of sp³-hybridized carbons (Fsp3) is 0. The summed E-state index contributed by atoms with van der Waals surface area (Å²) in [6.07, 6.45) is 4.34. The van der Waals surface area contributed by atoms with Gasteiger partial charge in [-0.25, -0.2) is 0 Å². The van der Waals surface area contributed by atoms with Crippen molar-refractivity contribution in [3.8, 4) is 11.1 Å². The van der Waals surface area contributed by atoms with E-state index >= 15 is 0 Å². The molecular weight excluding hydrogens is 212 g/mol. The summed E-state index contributed by atoms with van der Waals surface area (Å²) in [4.78, 5) is 18.1. The van der Waals surface area contributed by atoms with Gasteiger partial charge in [-0.1, -0.05) is 30.3 Å². The Morgan fingerprint density at radius 2 is 1.94 bits per heavy atom. The van der Waals surface area contributed by atoms with Crippen LogP contribution in [-0.2, 0) is 0 Å². The summed E-state index contributed by atoms with van der Waals surface area (Å²) in [5, 5.41) is 1.02. The highest BCUT2D eigenvalue weighted by Gasteiger charge is 2.08. The second kappa shape index (κ2) is 3.87. The molecule has 82 valence electrons. The van der Waals surface area contributed by atoms with Crippen molar-refractivity contribution in [1.29, 1.82) is 0 Å². The number of hydrogen-bond acceptors (Lipinski definition) is 2. The highest BCUT2D eigenvalue weighted by molar-refractivity contribution is 6.01. The number of pyridine rings is 1. The third-order valence-electron chi connectivity index (χ3n) is 2.82. The van der Waals surface area contributed by atoms with Crippen LogP contribution >= 0.6 is 0 Å². The Morgan fingerprint density at radius 3 is 2.71 bits per heavy atom. The monoisotopic (exact) mass is 222 g/mol. The highest BCUT2D eigenvalue weighted by Crippen LogP contribution is 2.28. The van der Waals surface area contributed by atoms with Crippen LogP contribution in [0.4, 0.5) is 0 Å². The molecule has 0 atom stereocenters. The summed E-state index contributed by atoms with van der Waals surface area (Å²) in [6, 6.07) is 12.0. The number of carbonyl (C=O) groups excluding carboxylic acids is 1. The number of rotatable bonds is 2. The van der Waals surface area contributed by atoms with Gasteiger partial charge in [0.2, 0.25) is 0 Å². The van der Waals surface area contributed by atoms with Gasteiger partial charge in [-0.2, -0.15) is 0 Å². The molecule has 3 heteroatoms. The van der Waals surface area contributed by atoms with Crippen LogP contribution in [0.5, 0.6) is 0 Å². The molecule has 3 rings (SSSR count). The Balaban J connectivity index is 2.32. The topological polar surface area (TPSA) is 45.8 Å². The minimum Gasteiger partial charge on any atom is -0.359 e. The van der Waals surface area contributed by atoms with Crippen molar-refractivity contribution in [3.05, 3.63) is 54.5 Å². The number of nitrogens with zero attached hydrogens (tertiary/aromatic N) is 1. The summed E-state index contributed by atoms with van der Waals surface area (Å²) in [5.41, 5.74) is 3.38. The van der Waals surface area contributed by atoms with E-state index < -0.39 is 0 Å². The minimum atomic E-state index is 0.449. The number of benzene rings is 1. The van der Waals surface area contributed by atoms with Gasteiger partial charge in [0.1, 0.15) is 5.69 Å². The van der Waals surface area contributed by atoms with E-state index in [1.54, 1.807) is 6.20 Å². The van der Waals surface area contributed by atoms with E-state index in [0.29, 0.717) is 5.69 Å². The average Bonchev–Trinajstić information content (AvgIpc) is 2.88. The predicted octanol–water partition coefficient (Wildman–Crippen LogP) is 3.04. The molecule has 0 radical (unpaired) electrons. The van der Waals surface area contributed by atoms with Crippen molar-refractivity contribution in [1.82, 2.24) is 9.97 Å². The van der Waals surface area contributed by atoms with Gasteiger partial charge in [0.15, 0.2) is 6.29 Å². The molecule has 1 N–H and O–H groups in total. The number of H-pyrrole nitrogens is 1. The Labute approximate surface area is 98.1 Å². The Hall–Kier alpha value is -2.42. The second-order valence-electron chi connectivity index (χ2n) is 3.81. The number of aromatic amines is 1. The maximum absolute atomic E-state index is 10.9. The van der Waals surface area contributed by atoms with Gasteiger partial charge >= 0.3 is 0 Å². The van der Waals surface area contributed by atoms with Crippen LogP contribution in [0.1, 0.15) is 10.5 Å². The smallest absolute Gasteiger partial charge is 0.170 e. The van der Waals surface area contributed by atoms with Gasteiger partial charge in [0.25, 0.3) is 0 Å². The van der Waals surface area contributed by atoms with Crippen LogP contribution in [0.2, 0.25) is 0 Å². The third-order valence-corrected chi connectivity index (χ3v) is 2.82. The van der Waals surface area contributed by atoms with Gasteiger partial charge < -0.3 is 4.98 Å². The molecule has 0 spiro atoms. The fourth-order valence-electron chi connectivity index (χ4n) is 2.01. The summed E-state index contributed by atoms with van der Waals surface area (Å²) >= 11 is 0. The van der Waals surface area contributed by atoms with Crippen LogP contribution in [-0.4, -0.2) is 16.3 Å². The number of hydrogen-bond donors (Lipinski definition) is 1. The summed E-state index contributed by atoms with van der Waals surface area (Å²) in [7, 11) is 0. The van der Waals surface area contributed by atoms with Crippen molar-refractivity contribution in [2.24, 2.45) is 0 Å². The fourth-order valence-corrected chi connectivity index (χ4v) is 2.01. The second-order valence-corrected chi connectivity index (χ2v) is 3.81. The lowest BCUT2D eigenvalue weighted by Crippen LogP contribution is -1.90. The molecule has 0 aliphatic rings. The summed E-state index contributed by atoms with van der Waals surface area (Å²) < 4.78 is 0. The molecule has 1 aromatic carbocycles. The number of aromatic nitrogens is 2. The normalized spacial score (nSPS) is 10.6. The molecule has 2 aromatic heterocycles. The van der Waals surface area contributed by atoms with Gasteiger partial charge in [-0.05, 0) is 11.6 Å². The zero-order valence-electron chi connectivity index (χ0n) is 9.05. The van der Waals surface area contributed by atoms with Crippen molar-refractivity contribution >= 4 is 17.2 Å². The molecule has 0 unspecified atom stereocenters. The summed E-state index contributed by atoms with van der Waals surface area (Å²) in [6.45, 7) is 0. The maximum atomic E-state index is 10.9. The van der Waals surface area contributed by atoms with Crippen LogP contribution in [0.25, 0.3) is 22.0 Å². The number of nitrogens with one attached hydrogen (secondary N) is 1. The Morgan fingerprint density at radius 1 is 1.12 bits per heavy atom. The summed E-state index contributed by atoms with van der Waals surface area (Å²) in [5.74, 6) is 0. The first-order chi connectivity index (χ1) is 8.40. The molecule has 0 fully saturated rings. The lowest BCUT2D eigenvalue weighted by atomic mass is 10.0. The molecule has 2 heterocycles. The molecule has 3 aromatic rings. The van der Waals surface area contributed by atoms with E-state index in [9.17, 15) is 4.79 Å². The van der Waals surface area contributed by atoms with Gasteiger partial charge in [0.05, 0.1) is 5.52 Å². The van der Waals surface area contributed by atoms with Gasteiger partial charge in [-0.15, -0.1) is 0 Å². The van der Waals surface area contributed by atoms with E-state index in [1.807, 2.05) is 42.6 Å². The van der Waals surface area contributed by atoms with Crippen LogP contribution < -0.4 is 0 Å². The number of fused-ring (bicyclic) bond motifs is 1. The molecular formula is C14H10N2O. The molecule has 0 aliphatic carbocycles. The van der Waals surface area contributed by atoms with Gasteiger partial charge in [-0.3, -0.25) is 9.78 Å². The van der Waals surface area contributed by atoms with E-state index in [0.717, 1.165) is 28.3 Å². The SMILES string of the molecule is O=Cc1ncc(-c2ccccc2)c2cc[nH]c12. The Kier molecular flexibility index (Phi) is 2.22. The quantitative estimate of drug-likeness (QED) is 0.677. The number of aldehydes is 1. The first-order valence-electron chi connectivity index (χ1n) is 5.37. The van der Waals surface area contributed by atoms with Crippen LogP contribution in [0.15, 0.2) is 48.8 Å². The molecule has 0 saturated heterocycles. The lowest BCUT2D eigenvalue weighted by molar-refractivity contribution is 0.112. The molecule has 0 amide bonds. The van der Waals surface area contributed by atoms with Crippen molar-refractivity contribution in [2.75, 3.05) is 0 Å². The molecule has 0 bridgehead atoms. The number of carbonyl (C=O) groups is 1. The zero-order valence-corrected chi connectivity index (χ0v) is 9.05. The molecule has 17 heavy (non-hydrogen) atoms. The lowest BCUT2D eigenvalue weighted by Gasteiger charge is -2.04. The third kappa shape index (κ3) is 1.52. The molecule has 0 saturated carbocycles. The molecule has 3 nitrogen and oxygen atoms in total. The van der Waals surface area contributed by atoms with Crippen LogP contribution in [0, 0.1) is 0 Å². The zero-order chi connectivity index (χ0) is 11.7. The standard InChI is InChI=1S/C14H10N2O/c17-9-13-14-11(6-7-15-14)12(8-16-13)10-4-2-1-3-5-10/h1-9,15H. The van der Waals surface area contributed by atoms with Crippen molar-refractivity contribution < 1.29 is 4.79 Å². The molecule has 0 aliphatic heterocycles. The minimum absolute atomic E-state index is 0.449. The highest BCUT2D eigenvalue weighted by atomic mass is 16.1. The van der Waals surface area contributed by atoms with Gasteiger partial charge in [0, 0.05) is 23.3 Å². The van der Waals surface area contributed by atoms with E-state index in [1.165, 1.54) is 0 Å². The van der Waals surface area contributed by atoms with Crippen molar-refractivity contribution in [3.63, 3.8) is 0 Å². The predicted molar refractivity (Wildman–Crippen MR) is 66.9 cm³/mol. The first-order valence-corrected chi connectivity index (χ1v) is 5.37. The largest absolute Gasteiger partial charge is 0.359 e.